The van der Waals surface area contributed by atoms with E-state index >= 15 is 0 Å². The molecule has 3 nitrogen and oxygen atoms in total. The Morgan fingerprint density at radius 2 is 1.00 bits per heavy atom. The first-order valence-electron chi connectivity index (χ1n) is 16.0. The first-order chi connectivity index (χ1) is 21.5. The van der Waals surface area contributed by atoms with E-state index in [1.165, 1.54) is 56.0 Å². The smallest absolute Gasteiger partial charge is 0.0361 e. The van der Waals surface area contributed by atoms with Gasteiger partial charge in [0.1, 0.15) is 0 Å². The lowest BCUT2D eigenvalue weighted by molar-refractivity contribution is 0.861. The van der Waals surface area contributed by atoms with Crippen LogP contribution in [0, 0.1) is 13.8 Å². The molecule has 0 aliphatic carbocycles. The Bertz CT molecular complexity index is 1490. The van der Waals surface area contributed by atoms with Gasteiger partial charge in [0.2, 0.25) is 0 Å². The molecule has 44 heavy (non-hydrogen) atoms. The highest BCUT2D eigenvalue weighted by atomic mass is 15.1. The molecule has 0 spiro atoms. The minimum atomic E-state index is 0.128. The monoisotopic (exact) mass is 581 g/mol. The molecule has 0 saturated carbocycles. The molecule has 0 unspecified atom stereocenters. The molecule has 0 saturated heterocycles. The summed E-state index contributed by atoms with van der Waals surface area (Å²) in [4.78, 5) is 2.16. The Kier molecular flexibility index (Phi) is 10.8. The van der Waals surface area contributed by atoms with Gasteiger partial charge in [0.05, 0.1) is 0 Å². The normalized spacial score (nSPS) is 11.0. The van der Waals surface area contributed by atoms with E-state index in [-0.39, 0.29) is 5.92 Å². The van der Waals surface area contributed by atoms with Crippen LogP contribution in [0.4, 0.5) is 17.1 Å². The maximum atomic E-state index is 3.72. The van der Waals surface area contributed by atoms with Gasteiger partial charge in [-0.05, 0) is 115 Å². The van der Waals surface area contributed by atoms with Crippen molar-refractivity contribution in [2.45, 2.75) is 45.4 Å². The van der Waals surface area contributed by atoms with Crippen LogP contribution < -0.4 is 15.5 Å². The van der Waals surface area contributed by atoms with Gasteiger partial charge in [0, 0.05) is 50.2 Å². The van der Waals surface area contributed by atoms with Crippen LogP contribution in [0.2, 0.25) is 0 Å². The van der Waals surface area contributed by atoms with Crippen LogP contribution in [0.5, 0.6) is 0 Å². The summed E-state index contributed by atoms with van der Waals surface area (Å²) in [5.74, 6) is 0.128. The Hall–Kier alpha value is -4.50. The van der Waals surface area contributed by atoms with Gasteiger partial charge in [-0.1, -0.05) is 84.9 Å². The molecule has 0 atom stereocenters. The Morgan fingerprint density at radius 1 is 0.545 bits per heavy atom. The third-order valence-corrected chi connectivity index (χ3v) is 8.55. The molecular weight excluding hydrogens is 534 g/mol. The van der Waals surface area contributed by atoms with Crippen LogP contribution in [0.1, 0.15) is 57.7 Å². The molecule has 0 radical (unpaired) electrons. The number of nitrogens with zero attached hydrogens (tertiary/aromatic N) is 1. The second-order valence-corrected chi connectivity index (χ2v) is 12.1. The molecule has 0 aliphatic heterocycles. The van der Waals surface area contributed by atoms with Crippen molar-refractivity contribution in [1.82, 2.24) is 0 Å². The van der Waals surface area contributed by atoms with Gasteiger partial charge in [0.15, 0.2) is 0 Å². The van der Waals surface area contributed by atoms with E-state index in [2.05, 4.69) is 165 Å². The fourth-order valence-electron chi connectivity index (χ4n) is 5.95. The number of hydrogen-bond acceptors (Lipinski definition) is 3. The van der Waals surface area contributed by atoms with E-state index in [0.717, 1.165) is 38.8 Å². The van der Waals surface area contributed by atoms with Gasteiger partial charge in [-0.25, -0.2) is 0 Å². The van der Waals surface area contributed by atoms with E-state index in [0.29, 0.717) is 0 Å². The van der Waals surface area contributed by atoms with Crippen LogP contribution in [0.25, 0.3) is 0 Å². The van der Waals surface area contributed by atoms with Gasteiger partial charge in [-0.2, -0.15) is 0 Å². The minimum absolute atomic E-state index is 0.128. The van der Waals surface area contributed by atoms with E-state index in [9.17, 15) is 0 Å². The van der Waals surface area contributed by atoms with Crippen LogP contribution in [0.3, 0.4) is 0 Å². The average Bonchev–Trinajstić information content (AvgIpc) is 3.05. The van der Waals surface area contributed by atoms with E-state index in [1.54, 1.807) is 0 Å². The zero-order chi connectivity index (χ0) is 30.7. The van der Waals surface area contributed by atoms with E-state index < -0.39 is 0 Å². The van der Waals surface area contributed by atoms with Gasteiger partial charge in [0.25, 0.3) is 0 Å². The molecule has 5 aromatic carbocycles. The lowest BCUT2D eigenvalue weighted by Gasteiger charge is -2.25. The van der Waals surface area contributed by atoms with Gasteiger partial charge < -0.3 is 15.5 Å². The fraction of sp³-hybridized carbons (Fsp3) is 0.268. The van der Waals surface area contributed by atoms with Crippen LogP contribution in [-0.2, 0) is 12.8 Å². The molecule has 0 amide bonds. The third kappa shape index (κ3) is 8.32. The molecule has 0 aliphatic rings. The summed E-state index contributed by atoms with van der Waals surface area (Å²) in [6, 6.07) is 44.4. The third-order valence-electron chi connectivity index (χ3n) is 8.55. The highest BCUT2D eigenvalue weighted by molar-refractivity contribution is 5.60. The van der Waals surface area contributed by atoms with E-state index in [1.807, 2.05) is 0 Å². The molecule has 0 bridgehead atoms. The Balaban J connectivity index is 1.39. The lowest BCUT2D eigenvalue weighted by Crippen LogP contribution is -2.12. The predicted octanol–water partition coefficient (Wildman–Crippen LogP) is 9.64. The molecule has 3 heteroatoms. The first kappa shape index (κ1) is 30.9. The van der Waals surface area contributed by atoms with Crippen molar-refractivity contribution >= 4 is 17.1 Å². The van der Waals surface area contributed by atoms with Crippen molar-refractivity contribution in [3.8, 4) is 0 Å². The zero-order valence-corrected chi connectivity index (χ0v) is 26.8. The standard InChI is InChI=1S/C41H47N3/c1-31-19-23-36(42-27-11-17-33-13-7-5-8-14-33)29-39(31)41(35-21-25-38(26-22-35)44(3)4)40-30-37(24-20-32(40)2)43-28-12-18-34-15-9-6-10-16-34/h5-10,13-16,19-26,29-30,41-43H,11-12,17-18,27-28H2,1-4H3. The molecule has 5 aromatic rings. The summed E-state index contributed by atoms with van der Waals surface area (Å²) in [6.45, 7) is 6.38. The first-order valence-corrected chi connectivity index (χ1v) is 16.0. The average molecular weight is 582 g/mol. The lowest BCUT2D eigenvalue weighted by atomic mass is 9.81. The quantitative estimate of drug-likeness (QED) is 0.101. The summed E-state index contributed by atoms with van der Waals surface area (Å²) >= 11 is 0. The van der Waals surface area contributed by atoms with Crippen molar-refractivity contribution in [2.75, 3.05) is 42.7 Å². The highest BCUT2D eigenvalue weighted by Gasteiger charge is 2.22. The van der Waals surface area contributed by atoms with Crippen molar-refractivity contribution in [3.05, 3.63) is 160 Å². The maximum absolute atomic E-state index is 3.72. The highest BCUT2D eigenvalue weighted by Crippen LogP contribution is 2.38. The summed E-state index contributed by atoms with van der Waals surface area (Å²) in [5.41, 5.74) is 13.0. The summed E-state index contributed by atoms with van der Waals surface area (Å²) < 4.78 is 0. The Morgan fingerprint density at radius 3 is 1.43 bits per heavy atom. The number of anilines is 3. The number of benzene rings is 5. The maximum Gasteiger partial charge on any atom is 0.0361 e. The van der Waals surface area contributed by atoms with Gasteiger partial charge in [-0.15, -0.1) is 0 Å². The predicted molar refractivity (Wildman–Crippen MR) is 191 cm³/mol. The molecule has 0 heterocycles. The second kappa shape index (κ2) is 15.3. The number of aryl methyl sites for hydroxylation is 4. The number of hydrogen-bond donors (Lipinski definition) is 2. The van der Waals surface area contributed by atoms with Gasteiger partial charge >= 0.3 is 0 Å². The topological polar surface area (TPSA) is 27.3 Å². The Labute approximate surface area is 265 Å². The van der Waals surface area contributed by atoms with Crippen molar-refractivity contribution < 1.29 is 0 Å². The van der Waals surface area contributed by atoms with Crippen molar-refractivity contribution in [2.24, 2.45) is 0 Å². The van der Waals surface area contributed by atoms with Crippen LogP contribution >= 0.6 is 0 Å². The summed E-state index contributed by atoms with van der Waals surface area (Å²) in [6.07, 6.45) is 4.36. The molecular formula is C41H47N3. The summed E-state index contributed by atoms with van der Waals surface area (Å²) in [5, 5.41) is 7.44. The minimum Gasteiger partial charge on any atom is -0.385 e. The molecule has 5 rings (SSSR count). The van der Waals surface area contributed by atoms with Crippen LogP contribution in [-0.4, -0.2) is 27.2 Å². The number of rotatable bonds is 14. The second-order valence-electron chi connectivity index (χ2n) is 12.1. The summed E-state index contributed by atoms with van der Waals surface area (Å²) in [7, 11) is 4.20. The zero-order valence-electron chi connectivity index (χ0n) is 26.8. The van der Waals surface area contributed by atoms with Crippen molar-refractivity contribution in [3.63, 3.8) is 0 Å². The van der Waals surface area contributed by atoms with Gasteiger partial charge in [-0.3, -0.25) is 0 Å². The van der Waals surface area contributed by atoms with Crippen LogP contribution in [0.15, 0.2) is 121 Å². The molecule has 0 aromatic heterocycles. The molecule has 0 fully saturated rings. The van der Waals surface area contributed by atoms with E-state index in [4.69, 9.17) is 0 Å². The fourth-order valence-corrected chi connectivity index (χ4v) is 5.95. The SMILES string of the molecule is Cc1ccc(NCCCc2ccccc2)cc1C(c1ccc(N(C)C)cc1)c1cc(NCCCc2ccccc2)ccc1C. The molecule has 226 valence electrons. The largest absolute Gasteiger partial charge is 0.385 e. The van der Waals surface area contributed by atoms with Crippen molar-refractivity contribution in [1.29, 1.82) is 0 Å². The number of nitrogens with one attached hydrogen (secondary N) is 2. The molecule has 2 N–H and O–H groups in total.